The quantitative estimate of drug-likeness (QED) is 0.524. The van der Waals surface area contributed by atoms with Gasteiger partial charge in [-0.05, 0) is 36.9 Å². The van der Waals surface area contributed by atoms with E-state index in [-0.39, 0.29) is 5.88 Å². The summed E-state index contributed by atoms with van der Waals surface area (Å²) in [6, 6.07) is 11.4. The lowest BCUT2D eigenvalue weighted by Crippen LogP contribution is -2.28. The molecular weight excluding hydrogens is 382 g/mol. The Morgan fingerprint density at radius 1 is 1.07 bits per heavy atom. The maximum atomic E-state index is 10.6. The summed E-state index contributed by atoms with van der Waals surface area (Å²) in [5, 5.41) is 18.2. The zero-order chi connectivity index (χ0) is 20.5. The molecule has 3 aromatic heterocycles. The summed E-state index contributed by atoms with van der Waals surface area (Å²) in [5.41, 5.74) is 2.76. The number of ether oxygens (including phenoxy) is 1. The maximum Gasteiger partial charge on any atom is 0.257 e. The Bertz CT molecular complexity index is 1180. The van der Waals surface area contributed by atoms with Crippen LogP contribution >= 0.6 is 0 Å². The normalized spacial score (nSPS) is 13.9. The SMILES string of the molecule is CN1CCc2nc3nc(NCc4ccc(Oc5ccncc5)cc4)nn3c(O)c2C1. The van der Waals surface area contributed by atoms with Crippen LogP contribution in [0.2, 0.25) is 0 Å². The molecule has 9 nitrogen and oxygen atoms in total. The Balaban J connectivity index is 1.29. The first-order chi connectivity index (χ1) is 14.7. The predicted molar refractivity (Wildman–Crippen MR) is 111 cm³/mol. The zero-order valence-electron chi connectivity index (χ0n) is 16.5. The van der Waals surface area contributed by atoms with E-state index in [0.717, 1.165) is 41.3 Å². The van der Waals surface area contributed by atoms with Crippen LogP contribution in [0.15, 0.2) is 48.8 Å². The van der Waals surface area contributed by atoms with Crippen molar-refractivity contribution in [1.82, 2.24) is 29.5 Å². The first-order valence-electron chi connectivity index (χ1n) is 9.72. The number of likely N-dealkylation sites (N-methyl/N-ethyl adjacent to an activating group) is 1. The third kappa shape index (κ3) is 3.62. The average Bonchev–Trinajstić information content (AvgIpc) is 3.18. The van der Waals surface area contributed by atoms with Gasteiger partial charge in [0.2, 0.25) is 11.8 Å². The zero-order valence-corrected chi connectivity index (χ0v) is 16.5. The minimum Gasteiger partial charge on any atom is -0.493 e. The van der Waals surface area contributed by atoms with Gasteiger partial charge in [0.05, 0.1) is 5.69 Å². The molecule has 1 aliphatic rings. The first kappa shape index (κ1) is 18.3. The number of hydrogen-bond donors (Lipinski definition) is 2. The van der Waals surface area contributed by atoms with Gasteiger partial charge in [-0.2, -0.15) is 9.50 Å². The highest BCUT2D eigenvalue weighted by molar-refractivity contribution is 5.45. The first-order valence-corrected chi connectivity index (χ1v) is 9.72. The fourth-order valence-electron chi connectivity index (χ4n) is 3.45. The van der Waals surface area contributed by atoms with Crippen LogP contribution in [-0.4, -0.2) is 48.2 Å². The highest BCUT2D eigenvalue weighted by Gasteiger charge is 2.22. The molecule has 0 unspecified atom stereocenters. The van der Waals surface area contributed by atoms with Crippen molar-refractivity contribution < 1.29 is 9.84 Å². The van der Waals surface area contributed by atoms with Crippen LogP contribution in [0.5, 0.6) is 17.4 Å². The van der Waals surface area contributed by atoms with Crippen molar-refractivity contribution in [3.8, 4) is 17.4 Å². The maximum absolute atomic E-state index is 10.6. The molecule has 30 heavy (non-hydrogen) atoms. The largest absolute Gasteiger partial charge is 0.493 e. The van der Waals surface area contributed by atoms with E-state index in [1.54, 1.807) is 12.4 Å². The van der Waals surface area contributed by atoms with Crippen LogP contribution in [0.4, 0.5) is 5.95 Å². The Labute approximate surface area is 173 Å². The Morgan fingerprint density at radius 3 is 2.63 bits per heavy atom. The lowest BCUT2D eigenvalue weighted by atomic mass is 10.1. The Kier molecular flexibility index (Phi) is 4.64. The van der Waals surface area contributed by atoms with E-state index in [9.17, 15) is 5.11 Å². The van der Waals surface area contributed by atoms with Crippen LogP contribution in [0.25, 0.3) is 5.78 Å². The van der Waals surface area contributed by atoms with Gasteiger partial charge in [-0.1, -0.05) is 12.1 Å². The number of anilines is 1. The van der Waals surface area contributed by atoms with Crippen molar-refractivity contribution >= 4 is 11.7 Å². The van der Waals surface area contributed by atoms with Crippen molar-refractivity contribution in [3.05, 3.63) is 65.6 Å². The van der Waals surface area contributed by atoms with E-state index in [1.165, 1.54) is 4.52 Å². The lowest BCUT2D eigenvalue weighted by molar-refractivity contribution is 0.297. The summed E-state index contributed by atoms with van der Waals surface area (Å²) in [5.74, 6) is 2.43. The Hall–Kier alpha value is -3.72. The van der Waals surface area contributed by atoms with Crippen LogP contribution in [0, 0.1) is 0 Å². The third-order valence-corrected chi connectivity index (χ3v) is 5.06. The van der Waals surface area contributed by atoms with E-state index in [1.807, 2.05) is 43.4 Å². The fourth-order valence-corrected chi connectivity index (χ4v) is 3.45. The van der Waals surface area contributed by atoms with Gasteiger partial charge in [0.25, 0.3) is 5.78 Å². The van der Waals surface area contributed by atoms with Gasteiger partial charge >= 0.3 is 0 Å². The molecule has 152 valence electrons. The average molecular weight is 403 g/mol. The second-order valence-corrected chi connectivity index (χ2v) is 7.28. The molecule has 4 aromatic rings. The standard InChI is InChI=1S/C21H21N7O2/c1-27-11-8-18-17(13-27)19(29)28-21(24-18)25-20(26-28)23-12-14-2-4-15(5-3-14)30-16-6-9-22-10-7-16/h2-7,9-10,29H,8,11-13H2,1H3,(H,23,26). The monoisotopic (exact) mass is 403 g/mol. The topological polar surface area (TPSA) is 101 Å². The van der Waals surface area contributed by atoms with Crippen molar-refractivity contribution in [2.45, 2.75) is 19.5 Å². The second-order valence-electron chi connectivity index (χ2n) is 7.28. The molecule has 0 radical (unpaired) electrons. The number of nitrogens with one attached hydrogen (secondary N) is 1. The molecule has 9 heteroatoms. The van der Waals surface area contributed by atoms with Gasteiger partial charge in [0, 0.05) is 44.0 Å². The highest BCUT2D eigenvalue weighted by Crippen LogP contribution is 2.26. The minimum absolute atomic E-state index is 0.111. The van der Waals surface area contributed by atoms with Crippen molar-refractivity contribution in [2.24, 2.45) is 0 Å². The molecular formula is C21H21N7O2. The number of rotatable bonds is 5. The number of aromatic nitrogens is 5. The van der Waals surface area contributed by atoms with E-state index in [2.05, 4.69) is 30.3 Å². The third-order valence-electron chi connectivity index (χ3n) is 5.06. The van der Waals surface area contributed by atoms with Crippen molar-refractivity contribution in [3.63, 3.8) is 0 Å². The molecule has 0 atom stereocenters. The number of hydrogen-bond acceptors (Lipinski definition) is 8. The molecule has 0 saturated heterocycles. The molecule has 1 aromatic carbocycles. The summed E-state index contributed by atoms with van der Waals surface area (Å²) in [6.07, 6.45) is 4.17. The summed E-state index contributed by atoms with van der Waals surface area (Å²) in [6.45, 7) is 2.10. The molecule has 0 fully saturated rings. The van der Waals surface area contributed by atoms with Gasteiger partial charge in [0.1, 0.15) is 11.5 Å². The van der Waals surface area contributed by atoms with Gasteiger partial charge in [-0.25, -0.2) is 4.98 Å². The molecule has 5 rings (SSSR count). The molecule has 0 aliphatic carbocycles. The number of fused-ring (bicyclic) bond motifs is 2. The van der Waals surface area contributed by atoms with Crippen LogP contribution in [0.3, 0.4) is 0 Å². The van der Waals surface area contributed by atoms with Crippen LogP contribution in [0.1, 0.15) is 16.8 Å². The molecule has 1 aliphatic heterocycles. The lowest BCUT2D eigenvalue weighted by Gasteiger charge is -2.24. The molecule has 0 amide bonds. The fraction of sp³-hybridized carbons (Fsp3) is 0.238. The number of nitrogens with zero attached hydrogens (tertiary/aromatic N) is 6. The summed E-state index contributed by atoms with van der Waals surface area (Å²) in [4.78, 5) is 15.1. The van der Waals surface area contributed by atoms with Gasteiger partial charge in [0.15, 0.2) is 0 Å². The van der Waals surface area contributed by atoms with E-state index < -0.39 is 0 Å². The van der Waals surface area contributed by atoms with Crippen LogP contribution < -0.4 is 10.1 Å². The summed E-state index contributed by atoms with van der Waals surface area (Å²) in [7, 11) is 2.02. The predicted octanol–water partition coefficient (Wildman–Crippen LogP) is 2.62. The number of pyridine rings is 1. The molecule has 2 N–H and O–H groups in total. The van der Waals surface area contributed by atoms with E-state index >= 15 is 0 Å². The van der Waals surface area contributed by atoms with Gasteiger partial charge in [-0.15, -0.1) is 5.10 Å². The van der Waals surface area contributed by atoms with Crippen LogP contribution in [-0.2, 0) is 19.5 Å². The second kappa shape index (κ2) is 7.60. The van der Waals surface area contributed by atoms with Crippen molar-refractivity contribution in [2.75, 3.05) is 18.9 Å². The van der Waals surface area contributed by atoms with Crippen molar-refractivity contribution in [1.29, 1.82) is 0 Å². The highest BCUT2D eigenvalue weighted by atomic mass is 16.5. The Morgan fingerprint density at radius 2 is 1.83 bits per heavy atom. The minimum atomic E-state index is 0.111. The van der Waals surface area contributed by atoms with Gasteiger partial charge < -0.3 is 20.1 Å². The molecule has 0 spiro atoms. The summed E-state index contributed by atoms with van der Waals surface area (Å²) < 4.78 is 7.17. The van der Waals surface area contributed by atoms with Gasteiger partial charge in [-0.3, -0.25) is 4.98 Å². The molecule has 4 heterocycles. The smallest absolute Gasteiger partial charge is 0.257 e. The summed E-state index contributed by atoms with van der Waals surface area (Å²) >= 11 is 0. The number of benzene rings is 1. The number of aromatic hydroxyl groups is 1. The van der Waals surface area contributed by atoms with E-state index in [4.69, 9.17) is 4.74 Å². The molecule has 0 saturated carbocycles. The molecule has 0 bridgehead atoms. The van der Waals surface area contributed by atoms with E-state index in [0.29, 0.717) is 24.8 Å².